The van der Waals surface area contributed by atoms with Crippen LogP contribution < -0.4 is 10.2 Å². The van der Waals surface area contributed by atoms with Crippen LogP contribution in [-0.2, 0) is 0 Å². The van der Waals surface area contributed by atoms with E-state index in [9.17, 15) is 5.11 Å². The lowest BCUT2D eigenvalue weighted by Crippen LogP contribution is -2.65. The molecule has 4 fully saturated rings. The van der Waals surface area contributed by atoms with Crippen molar-refractivity contribution in [1.82, 2.24) is 19.7 Å². The lowest BCUT2D eigenvalue weighted by atomic mass is 9.59. The number of aromatic nitrogens is 4. The number of rotatable bonds is 4. The fourth-order valence-corrected chi connectivity index (χ4v) is 5.35. The summed E-state index contributed by atoms with van der Waals surface area (Å²) in [5, 5.41) is 20.2. The summed E-state index contributed by atoms with van der Waals surface area (Å²) in [6.45, 7) is 3.56. The van der Waals surface area contributed by atoms with Crippen molar-refractivity contribution >= 4 is 51.4 Å². The molecule has 2 saturated carbocycles. The van der Waals surface area contributed by atoms with E-state index in [4.69, 9.17) is 23.2 Å². The highest BCUT2D eigenvalue weighted by Crippen LogP contribution is 2.50. The predicted molar refractivity (Wildman–Crippen MR) is 118 cm³/mol. The zero-order valence-corrected chi connectivity index (χ0v) is 18.0. The number of benzene rings is 1. The Labute approximate surface area is 184 Å². The third-order valence-electron chi connectivity index (χ3n) is 6.97. The van der Waals surface area contributed by atoms with E-state index in [0.29, 0.717) is 27.9 Å². The van der Waals surface area contributed by atoms with E-state index in [1.54, 1.807) is 12.4 Å². The molecule has 0 amide bonds. The second-order valence-electron chi connectivity index (χ2n) is 8.97. The monoisotopic (exact) mass is 444 g/mol. The van der Waals surface area contributed by atoms with E-state index in [1.807, 2.05) is 23.7 Å². The Hall–Kier alpha value is -2.09. The molecule has 3 aromatic rings. The minimum absolute atomic E-state index is 0.288. The molecule has 7 rings (SSSR count). The van der Waals surface area contributed by atoms with Gasteiger partial charge in [0.25, 0.3) is 0 Å². The summed E-state index contributed by atoms with van der Waals surface area (Å²) in [6.07, 6.45) is 6.79. The fourth-order valence-electron chi connectivity index (χ4n) is 4.78. The van der Waals surface area contributed by atoms with Crippen molar-refractivity contribution in [3.05, 3.63) is 34.7 Å². The SMILES string of the molecule is CC1(O)C2CC1CN(c1cc3nc(Nc4cnn(C5CC5)c4Cl)ncc3cc1Cl)C2. The first-order valence-corrected chi connectivity index (χ1v) is 11.1. The first-order chi connectivity index (χ1) is 14.4. The van der Waals surface area contributed by atoms with Gasteiger partial charge in [-0.05, 0) is 38.3 Å². The maximum atomic E-state index is 10.5. The average molecular weight is 445 g/mol. The molecular weight excluding hydrogens is 423 g/mol. The van der Waals surface area contributed by atoms with Crippen LogP contribution in [0.1, 0.15) is 32.2 Å². The first kappa shape index (κ1) is 18.7. The Morgan fingerprint density at radius 1 is 1.17 bits per heavy atom. The molecule has 2 N–H and O–H groups in total. The summed E-state index contributed by atoms with van der Waals surface area (Å²) in [5.74, 6) is 1.05. The molecule has 7 nitrogen and oxygen atoms in total. The number of hydrogen-bond acceptors (Lipinski definition) is 6. The number of anilines is 3. The number of fused-ring (bicyclic) bond motifs is 3. The maximum Gasteiger partial charge on any atom is 0.227 e. The summed E-state index contributed by atoms with van der Waals surface area (Å²) in [4.78, 5) is 11.4. The normalized spacial score (nSPS) is 27.9. The van der Waals surface area contributed by atoms with E-state index in [-0.39, 0.29) is 11.8 Å². The van der Waals surface area contributed by atoms with Gasteiger partial charge in [-0.25, -0.2) is 14.6 Å². The Morgan fingerprint density at radius 3 is 2.63 bits per heavy atom. The Balaban J connectivity index is 1.29. The van der Waals surface area contributed by atoms with Crippen molar-refractivity contribution in [2.75, 3.05) is 23.3 Å². The van der Waals surface area contributed by atoms with Crippen molar-refractivity contribution in [3.63, 3.8) is 0 Å². The Bertz CT molecular complexity index is 1140. The van der Waals surface area contributed by atoms with Gasteiger partial charge < -0.3 is 15.3 Å². The molecule has 2 atom stereocenters. The largest absolute Gasteiger partial charge is 0.389 e. The lowest BCUT2D eigenvalue weighted by Gasteiger charge is -2.58. The summed E-state index contributed by atoms with van der Waals surface area (Å²) in [5.41, 5.74) is 1.92. The van der Waals surface area contributed by atoms with Crippen molar-refractivity contribution in [1.29, 1.82) is 0 Å². The van der Waals surface area contributed by atoms with Crippen molar-refractivity contribution in [3.8, 4) is 0 Å². The van der Waals surface area contributed by atoms with Crippen molar-refractivity contribution in [2.24, 2.45) is 11.8 Å². The molecule has 2 saturated heterocycles. The third kappa shape index (κ3) is 2.87. The highest BCUT2D eigenvalue weighted by atomic mass is 35.5. The fraction of sp³-hybridized carbons (Fsp3) is 0.476. The molecule has 30 heavy (non-hydrogen) atoms. The molecule has 2 bridgehead atoms. The second-order valence-corrected chi connectivity index (χ2v) is 9.73. The van der Waals surface area contributed by atoms with Crippen LogP contribution in [0.4, 0.5) is 17.3 Å². The molecule has 2 unspecified atom stereocenters. The van der Waals surface area contributed by atoms with Gasteiger partial charge in [0.15, 0.2) is 5.15 Å². The quantitative estimate of drug-likeness (QED) is 0.619. The third-order valence-corrected chi connectivity index (χ3v) is 7.65. The number of hydrogen-bond donors (Lipinski definition) is 2. The molecule has 2 aliphatic carbocycles. The topological polar surface area (TPSA) is 79.1 Å². The van der Waals surface area contributed by atoms with Gasteiger partial charge in [-0.2, -0.15) is 5.10 Å². The van der Waals surface area contributed by atoms with E-state index in [1.165, 1.54) is 0 Å². The van der Waals surface area contributed by atoms with E-state index in [2.05, 4.69) is 25.3 Å². The molecule has 4 aliphatic rings. The second kappa shape index (κ2) is 6.45. The lowest BCUT2D eigenvalue weighted by molar-refractivity contribution is -0.145. The predicted octanol–water partition coefficient (Wildman–Crippen LogP) is 4.42. The van der Waals surface area contributed by atoms with E-state index < -0.39 is 5.60 Å². The zero-order valence-electron chi connectivity index (χ0n) is 16.5. The number of halogens is 2. The van der Waals surface area contributed by atoms with Crippen LogP contribution in [0.25, 0.3) is 10.9 Å². The molecule has 0 radical (unpaired) electrons. The number of piperidine rings is 2. The highest BCUT2D eigenvalue weighted by molar-refractivity contribution is 6.34. The zero-order chi connectivity index (χ0) is 20.6. The molecule has 156 valence electrons. The highest BCUT2D eigenvalue weighted by Gasteiger charge is 2.54. The smallest absolute Gasteiger partial charge is 0.227 e. The van der Waals surface area contributed by atoms with E-state index in [0.717, 1.165) is 48.9 Å². The summed E-state index contributed by atoms with van der Waals surface area (Å²) < 4.78 is 1.85. The summed E-state index contributed by atoms with van der Waals surface area (Å²) in [6, 6.07) is 4.33. The standard InChI is InChI=1S/C21H22Cl2N6O/c1-21(30)12-5-13(21)10-28(9-12)18-6-16-11(4-15(18)22)7-24-20(26-16)27-17-8-25-29(19(17)23)14-2-3-14/h4,6-8,12-14,30H,2-3,5,9-10H2,1H3,(H,24,26,27). The Kier molecular flexibility index (Phi) is 4.01. The maximum absolute atomic E-state index is 10.5. The van der Waals surface area contributed by atoms with Crippen LogP contribution >= 0.6 is 23.2 Å². The molecule has 9 heteroatoms. The molecular formula is C21H22Cl2N6O. The molecule has 2 aliphatic heterocycles. The Morgan fingerprint density at radius 2 is 1.93 bits per heavy atom. The van der Waals surface area contributed by atoms with Gasteiger partial charge in [-0.15, -0.1) is 0 Å². The van der Waals surface area contributed by atoms with Gasteiger partial charge in [0, 0.05) is 36.5 Å². The number of aliphatic hydroxyl groups is 1. The average Bonchev–Trinajstić information content (AvgIpc) is 3.52. The van der Waals surface area contributed by atoms with Gasteiger partial charge >= 0.3 is 0 Å². The minimum Gasteiger partial charge on any atom is -0.389 e. The van der Waals surface area contributed by atoms with Gasteiger partial charge in [-0.1, -0.05) is 23.2 Å². The summed E-state index contributed by atoms with van der Waals surface area (Å²) in [7, 11) is 0. The van der Waals surface area contributed by atoms with Crippen LogP contribution in [0.3, 0.4) is 0 Å². The van der Waals surface area contributed by atoms with Gasteiger partial charge in [-0.3, -0.25) is 0 Å². The van der Waals surface area contributed by atoms with Crippen LogP contribution in [-0.4, -0.2) is 43.5 Å². The van der Waals surface area contributed by atoms with Crippen LogP contribution in [0.2, 0.25) is 10.2 Å². The first-order valence-electron chi connectivity index (χ1n) is 10.3. The molecule has 4 heterocycles. The van der Waals surface area contributed by atoms with Gasteiger partial charge in [0.05, 0.1) is 39.8 Å². The van der Waals surface area contributed by atoms with Gasteiger partial charge in [0.1, 0.15) is 0 Å². The van der Waals surface area contributed by atoms with Gasteiger partial charge in [0.2, 0.25) is 5.95 Å². The molecule has 2 aromatic heterocycles. The van der Waals surface area contributed by atoms with Crippen molar-refractivity contribution < 1.29 is 5.11 Å². The molecule has 1 aromatic carbocycles. The van der Waals surface area contributed by atoms with Crippen LogP contribution in [0.5, 0.6) is 0 Å². The van der Waals surface area contributed by atoms with Crippen LogP contribution in [0, 0.1) is 11.8 Å². The van der Waals surface area contributed by atoms with E-state index >= 15 is 0 Å². The summed E-state index contributed by atoms with van der Waals surface area (Å²) >= 11 is 13.0. The minimum atomic E-state index is -0.552. The van der Waals surface area contributed by atoms with Crippen molar-refractivity contribution in [2.45, 2.75) is 37.8 Å². The molecule has 0 spiro atoms. The number of nitrogens with one attached hydrogen (secondary N) is 1. The van der Waals surface area contributed by atoms with Crippen LogP contribution in [0.15, 0.2) is 24.5 Å². The number of nitrogens with zero attached hydrogens (tertiary/aromatic N) is 5.